The van der Waals surface area contributed by atoms with Gasteiger partial charge in [0.05, 0.1) is 12.7 Å². The van der Waals surface area contributed by atoms with Crippen LogP contribution in [0, 0.1) is 5.92 Å². The minimum absolute atomic E-state index is 0.0312. The molecule has 0 aromatic heterocycles. The van der Waals surface area contributed by atoms with Gasteiger partial charge in [-0.15, -0.1) is 0 Å². The second-order valence-electron chi connectivity index (χ2n) is 7.94. The van der Waals surface area contributed by atoms with Crippen molar-refractivity contribution in [2.45, 2.75) is 77.5 Å². The van der Waals surface area contributed by atoms with Crippen LogP contribution in [0.3, 0.4) is 0 Å². The summed E-state index contributed by atoms with van der Waals surface area (Å²) in [5.74, 6) is -0.367. The summed E-state index contributed by atoms with van der Waals surface area (Å²) in [5.41, 5.74) is 0. The van der Waals surface area contributed by atoms with Gasteiger partial charge in [0.15, 0.2) is 14.1 Å². The molecule has 0 amide bonds. The Morgan fingerprint density at radius 1 is 1.33 bits per heavy atom. The third kappa shape index (κ3) is 5.47. The number of hydrogen-bond acceptors (Lipinski definition) is 4. The third-order valence-electron chi connectivity index (χ3n) is 4.64. The van der Waals surface area contributed by atoms with E-state index in [1.165, 1.54) is 0 Å². The molecule has 124 valence electrons. The molecule has 5 heteroatoms. The second-order valence-corrected chi connectivity index (χ2v) is 12.8. The molecule has 0 aromatic rings. The Hall–Kier alpha value is -0.233. The zero-order valence-electron chi connectivity index (χ0n) is 14.7. The minimum Gasteiger partial charge on any atom is -0.416 e. The van der Waals surface area contributed by atoms with Crippen LogP contribution >= 0.6 is 0 Å². The van der Waals surface area contributed by atoms with E-state index in [0.29, 0.717) is 19.6 Å². The summed E-state index contributed by atoms with van der Waals surface area (Å²) < 4.78 is 18.1. The van der Waals surface area contributed by atoms with E-state index in [4.69, 9.17) is 13.9 Å². The lowest BCUT2D eigenvalue weighted by Gasteiger charge is -2.43. The summed E-state index contributed by atoms with van der Waals surface area (Å²) in [6, 6.07) is 0. The molecule has 1 aliphatic rings. The Kier molecular flexibility index (Phi) is 6.18. The fourth-order valence-corrected chi connectivity index (χ4v) is 3.19. The zero-order valence-corrected chi connectivity index (χ0v) is 15.7. The number of rotatable bonds is 6. The molecule has 1 fully saturated rings. The van der Waals surface area contributed by atoms with E-state index in [1.807, 2.05) is 13.8 Å². The Labute approximate surface area is 130 Å². The average Bonchev–Trinajstić information content (AvgIpc) is 2.33. The Bertz CT molecular complexity index is 347. The number of carbonyl (C=O) groups is 1. The van der Waals surface area contributed by atoms with Gasteiger partial charge in [-0.2, -0.15) is 0 Å². The minimum atomic E-state index is -1.77. The standard InChI is InChI=1S/C16H32O4Si/c1-15(2,3)21(6,7)19-12-13-11-18-16(4,5)20-14(13)9-8-10-17/h10,13-14H,8-9,11-12H2,1-7H3/t13-,14-/m1/s1. The third-order valence-corrected chi connectivity index (χ3v) is 9.14. The molecular weight excluding hydrogens is 284 g/mol. The summed E-state index contributed by atoms with van der Waals surface area (Å²) >= 11 is 0. The van der Waals surface area contributed by atoms with Crippen LogP contribution in [0.25, 0.3) is 0 Å². The van der Waals surface area contributed by atoms with Crippen molar-refractivity contribution in [3.63, 3.8) is 0 Å². The molecule has 0 saturated carbocycles. The molecule has 1 rings (SSSR count). The number of carbonyl (C=O) groups excluding carboxylic acids is 1. The van der Waals surface area contributed by atoms with Crippen LogP contribution < -0.4 is 0 Å². The van der Waals surface area contributed by atoms with Crippen LogP contribution in [0.1, 0.15) is 47.5 Å². The van der Waals surface area contributed by atoms with Crippen LogP contribution in [0.15, 0.2) is 0 Å². The van der Waals surface area contributed by atoms with E-state index < -0.39 is 14.1 Å². The van der Waals surface area contributed by atoms with E-state index in [2.05, 4.69) is 33.9 Å². The maximum Gasteiger partial charge on any atom is 0.191 e. The lowest BCUT2D eigenvalue weighted by atomic mass is 9.98. The molecule has 21 heavy (non-hydrogen) atoms. The van der Waals surface area contributed by atoms with Crippen LogP contribution in [0.5, 0.6) is 0 Å². The first-order valence-electron chi connectivity index (χ1n) is 7.88. The van der Waals surface area contributed by atoms with Gasteiger partial charge >= 0.3 is 0 Å². The summed E-state index contributed by atoms with van der Waals surface area (Å²) in [5, 5.41) is 0.195. The highest BCUT2D eigenvalue weighted by Gasteiger charge is 2.41. The van der Waals surface area contributed by atoms with Crippen LogP contribution in [-0.4, -0.2) is 39.7 Å². The van der Waals surface area contributed by atoms with Crippen LogP contribution in [-0.2, 0) is 18.7 Å². The van der Waals surface area contributed by atoms with E-state index in [1.54, 1.807) is 0 Å². The summed E-state index contributed by atoms with van der Waals surface area (Å²) in [6.07, 6.45) is 2.25. The lowest BCUT2D eigenvalue weighted by Crippen LogP contribution is -2.49. The Morgan fingerprint density at radius 3 is 2.48 bits per heavy atom. The van der Waals surface area contributed by atoms with Crippen molar-refractivity contribution >= 4 is 14.6 Å². The predicted molar refractivity (Wildman–Crippen MR) is 86.8 cm³/mol. The highest BCUT2D eigenvalue weighted by Crippen LogP contribution is 2.38. The number of aldehydes is 1. The normalized spacial score (nSPS) is 26.6. The lowest BCUT2D eigenvalue weighted by molar-refractivity contribution is -0.296. The zero-order chi connectivity index (χ0) is 16.3. The van der Waals surface area contributed by atoms with Crippen molar-refractivity contribution in [3.8, 4) is 0 Å². The first kappa shape index (κ1) is 18.8. The van der Waals surface area contributed by atoms with Gasteiger partial charge in [0, 0.05) is 18.9 Å². The van der Waals surface area contributed by atoms with Gasteiger partial charge in [-0.05, 0) is 38.4 Å². The molecule has 0 aliphatic carbocycles. The van der Waals surface area contributed by atoms with Crippen LogP contribution in [0.2, 0.25) is 18.1 Å². The fraction of sp³-hybridized carbons (Fsp3) is 0.938. The van der Waals surface area contributed by atoms with E-state index in [0.717, 1.165) is 12.7 Å². The van der Waals surface area contributed by atoms with Gasteiger partial charge in [-0.3, -0.25) is 0 Å². The maximum absolute atomic E-state index is 10.7. The van der Waals surface area contributed by atoms with Crippen molar-refractivity contribution in [3.05, 3.63) is 0 Å². The molecule has 0 N–H and O–H groups in total. The monoisotopic (exact) mass is 316 g/mol. The molecule has 0 bridgehead atoms. The number of ether oxygens (including phenoxy) is 2. The van der Waals surface area contributed by atoms with Gasteiger partial charge < -0.3 is 18.7 Å². The molecule has 2 atom stereocenters. The van der Waals surface area contributed by atoms with Crippen molar-refractivity contribution < 1.29 is 18.7 Å². The molecule has 0 spiro atoms. The van der Waals surface area contributed by atoms with Crippen molar-refractivity contribution in [1.29, 1.82) is 0 Å². The predicted octanol–water partition coefficient (Wildman–Crippen LogP) is 3.76. The molecule has 1 saturated heterocycles. The first-order chi connectivity index (χ1) is 9.48. The topological polar surface area (TPSA) is 44.8 Å². The highest BCUT2D eigenvalue weighted by molar-refractivity contribution is 6.74. The van der Waals surface area contributed by atoms with Crippen molar-refractivity contribution in [2.75, 3.05) is 13.2 Å². The van der Waals surface area contributed by atoms with Crippen molar-refractivity contribution in [1.82, 2.24) is 0 Å². The van der Waals surface area contributed by atoms with Gasteiger partial charge in [0.25, 0.3) is 0 Å². The van der Waals surface area contributed by atoms with Gasteiger partial charge in [0.2, 0.25) is 0 Å². The molecule has 1 aliphatic heterocycles. The first-order valence-corrected chi connectivity index (χ1v) is 10.8. The number of hydrogen-bond donors (Lipinski definition) is 0. The van der Waals surface area contributed by atoms with Gasteiger partial charge in [0.1, 0.15) is 6.29 Å². The molecule has 4 nitrogen and oxygen atoms in total. The largest absolute Gasteiger partial charge is 0.416 e. The molecular formula is C16H32O4Si. The van der Waals surface area contributed by atoms with E-state index in [-0.39, 0.29) is 17.1 Å². The smallest absolute Gasteiger partial charge is 0.191 e. The van der Waals surface area contributed by atoms with E-state index in [9.17, 15) is 4.79 Å². The van der Waals surface area contributed by atoms with Crippen LogP contribution in [0.4, 0.5) is 0 Å². The average molecular weight is 317 g/mol. The Balaban J connectivity index is 2.64. The summed E-state index contributed by atoms with van der Waals surface area (Å²) in [4.78, 5) is 10.7. The van der Waals surface area contributed by atoms with Gasteiger partial charge in [-0.1, -0.05) is 20.8 Å². The van der Waals surface area contributed by atoms with Crippen molar-refractivity contribution in [2.24, 2.45) is 5.92 Å². The SMILES string of the molecule is CC1(C)OC[C@H](CO[Si](C)(C)C(C)(C)C)[C@@H](CCC=O)O1. The second kappa shape index (κ2) is 6.90. The highest BCUT2D eigenvalue weighted by atomic mass is 28.4. The van der Waals surface area contributed by atoms with Gasteiger partial charge in [-0.25, -0.2) is 0 Å². The maximum atomic E-state index is 10.7. The molecule has 0 aromatic carbocycles. The fourth-order valence-electron chi connectivity index (χ4n) is 2.12. The summed E-state index contributed by atoms with van der Waals surface area (Å²) in [7, 11) is -1.77. The van der Waals surface area contributed by atoms with E-state index >= 15 is 0 Å². The summed E-state index contributed by atoms with van der Waals surface area (Å²) in [6.45, 7) is 16.3. The quantitative estimate of drug-likeness (QED) is 0.553. The Morgan fingerprint density at radius 2 is 1.95 bits per heavy atom. The molecule has 0 unspecified atom stereocenters. The molecule has 0 radical (unpaired) electrons. The molecule has 1 heterocycles.